The van der Waals surface area contributed by atoms with Gasteiger partial charge in [0.15, 0.2) is 0 Å². The first-order valence-electron chi connectivity index (χ1n) is 5.37. The van der Waals surface area contributed by atoms with Crippen LogP contribution in [0.3, 0.4) is 0 Å². The fourth-order valence-corrected chi connectivity index (χ4v) is 2.27. The fraction of sp³-hybridized carbons (Fsp3) is 0.154. The Balaban J connectivity index is 2.33. The molecule has 0 fully saturated rings. The highest BCUT2D eigenvalue weighted by Crippen LogP contribution is 2.36. The lowest BCUT2D eigenvalue weighted by atomic mass is 10.1. The Morgan fingerprint density at radius 1 is 1.41 bits per heavy atom. The topological polar surface area (TPSA) is 50.9 Å². The van der Waals surface area contributed by atoms with Gasteiger partial charge >= 0.3 is 0 Å². The summed E-state index contributed by atoms with van der Waals surface area (Å²) in [5.74, 6) is 0.574. The first-order valence-corrected chi connectivity index (χ1v) is 6.14. The summed E-state index contributed by atoms with van der Waals surface area (Å²) >= 11 is 1.39. The molecule has 0 bridgehead atoms. The van der Waals surface area contributed by atoms with E-state index >= 15 is 0 Å². The summed E-state index contributed by atoms with van der Waals surface area (Å²) < 4.78 is 4.20. The third-order valence-electron chi connectivity index (χ3n) is 2.33. The Labute approximate surface area is 105 Å². The number of hydrogen-bond acceptors (Lipinski definition) is 4. The third-order valence-corrected chi connectivity index (χ3v) is 3.15. The maximum absolute atomic E-state index is 5.92. The van der Waals surface area contributed by atoms with E-state index < -0.39 is 0 Å². The number of nitrogens with zero attached hydrogens (tertiary/aromatic N) is 1. The highest BCUT2D eigenvalue weighted by Gasteiger charge is 2.12. The molecule has 88 valence electrons. The van der Waals surface area contributed by atoms with E-state index in [9.17, 15) is 0 Å². The van der Waals surface area contributed by atoms with Crippen LogP contribution in [0.25, 0.3) is 11.1 Å². The number of anilines is 2. The maximum Gasteiger partial charge on any atom is 0.147 e. The third kappa shape index (κ3) is 2.65. The summed E-state index contributed by atoms with van der Waals surface area (Å²) in [6.07, 6.45) is 0. The van der Waals surface area contributed by atoms with Gasteiger partial charge < -0.3 is 11.1 Å². The van der Waals surface area contributed by atoms with Crippen LogP contribution in [0.4, 0.5) is 10.8 Å². The van der Waals surface area contributed by atoms with Crippen molar-refractivity contribution in [2.75, 3.05) is 17.6 Å². The minimum absolute atomic E-state index is 0.574. The van der Waals surface area contributed by atoms with Gasteiger partial charge in [0, 0.05) is 6.54 Å². The number of rotatable bonds is 4. The molecular formula is C13H15N3S. The number of nitrogens with one attached hydrogen (secondary N) is 1. The van der Waals surface area contributed by atoms with E-state index in [1.807, 2.05) is 37.3 Å². The highest BCUT2D eigenvalue weighted by molar-refractivity contribution is 7.11. The van der Waals surface area contributed by atoms with Crippen LogP contribution in [0.1, 0.15) is 6.92 Å². The van der Waals surface area contributed by atoms with Gasteiger partial charge in [0.05, 0.1) is 5.56 Å². The summed E-state index contributed by atoms with van der Waals surface area (Å²) in [4.78, 5) is 0. The van der Waals surface area contributed by atoms with Gasteiger partial charge in [-0.2, -0.15) is 4.37 Å². The second kappa shape index (κ2) is 5.01. The van der Waals surface area contributed by atoms with Crippen LogP contribution in [0.5, 0.6) is 0 Å². The lowest BCUT2D eigenvalue weighted by Crippen LogP contribution is -2.01. The molecule has 0 radical (unpaired) electrons. The highest BCUT2D eigenvalue weighted by atomic mass is 32.1. The van der Waals surface area contributed by atoms with Crippen molar-refractivity contribution >= 4 is 22.4 Å². The molecular weight excluding hydrogens is 230 g/mol. The minimum Gasteiger partial charge on any atom is -0.382 e. The van der Waals surface area contributed by atoms with Gasteiger partial charge in [-0.1, -0.05) is 42.5 Å². The SMILES string of the molecule is C=C(C)CNc1snc(N)c1-c1ccccc1. The number of benzene rings is 1. The first kappa shape index (κ1) is 11.7. The average Bonchev–Trinajstić information content (AvgIpc) is 2.69. The normalized spacial score (nSPS) is 10.2. The average molecular weight is 245 g/mol. The van der Waals surface area contributed by atoms with E-state index in [0.717, 1.165) is 28.2 Å². The molecule has 0 saturated carbocycles. The smallest absolute Gasteiger partial charge is 0.147 e. The van der Waals surface area contributed by atoms with Gasteiger partial charge in [0.1, 0.15) is 10.8 Å². The van der Waals surface area contributed by atoms with Crippen LogP contribution in [0.15, 0.2) is 42.5 Å². The fourth-order valence-electron chi connectivity index (χ4n) is 1.54. The largest absolute Gasteiger partial charge is 0.382 e. The van der Waals surface area contributed by atoms with Crippen LogP contribution in [-0.2, 0) is 0 Å². The predicted molar refractivity (Wildman–Crippen MR) is 75.3 cm³/mol. The zero-order valence-electron chi connectivity index (χ0n) is 9.73. The Bertz CT molecular complexity index is 517. The number of nitrogen functional groups attached to an aromatic ring is 1. The molecule has 3 N–H and O–H groups in total. The predicted octanol–water partition coefficient (Wildman–Crippen LogP) is 3.38. The Kier molecular flexibility index (Phi) is 3.44. The van der Waals surface area contributed by atoms with Crippen molar-refractivity contribution in [2.24, 2.45) is 0 Å². The van der Waals surface area contributed by atoms with Gasteiger partial charge in [-0.05, 0) is 24.0 Å². The van der Waals surface area contributed by atoms with E-state index in [1.165, 1.54) is 11.5 Å². The second-order valence-corrected chi connectivity index (χ2v) is 4.72. The van der Waals surface area contributed by atoms with Crippen LogP contribution in [0, 0.1) is 0 Å². The Morgan fingerprint density at radius 3 is 2.76 bits per heavy atom. The lowest BCUT2D eigenvalue weighted by Gasteiger charge is -2.06. The zero-order valence-corrected chi connectivity index (χ0v) is 10.6. The molecule has 0 saturated heterocycles. The van der Waals surface area contributed by atoms with Gasteiger partial charge in [-0.15, -0.1) is 0 Å². The van der Waals surface area contributed by atoms with Gasteiger partial charge in [-0.25, -0.2) is 0 Å². The number of hydrogen-bond donors (Lipinski definition) is 2. The van der Waals surface area contributed by atoms with Crippen molar-refractivity contribution in [3.05, 3.63) is 42.5 Å². The van der Waals surface area contributed by atoms with Gasteiger partial charge in [0.2, 0.25) is 0 Å². The summed E-state index contributed by atoms with van der Waals surface area (Å²) in [6.45, 7) is 6.59. The minimum atomic E-state index is 0.574. The van der Waals surface area contributed by atoms with Crippen molar-refractivity contribution in [1.29, 1.82) is 0 Å². The molecule has 0 atom stereocenters. The quantitative estimate of drug-likeness (QED) is 0.812. The number of nitrogens with two attached hydrogens (primary N) is 1. The van der Waals surface area contributed by atoms with Crippen LogP contribution < -0.4 is 11.1 Å². The van der Waals surface area contributed by atoms with E-state index in [2.05, 4.69) is 16.3 Å². The molecule has 0 aliphatic heterocycles. The Hall–Kier alpha value is -1.81. The van der Waals surface area contributed by atoms with Crippen molar-refractivity contribution in [3.8, 4) is 11.1 Å². The first-order chi connectivity index (χ1) is 8.18. The molecule has 1 aromatic carbocycles. The molecule has 0 unspecified atom stereocenters. The van der Waals surface area contributed by atoms with E-state index in [-0.39, 0.29) is 0 Å². The van der Waals surface area contributed by atoms with Crippen molar-refractivity contribution in [1.82, 2.24) is 4.37 Å². The molecule has 2 aromatic rings. The van der Waals surface area contributed by atoms with Gasteiger partial charge in [0.25, 0.3) is 0 Å². The lowest BCUT2D eigenvalue weighted by molar-refractivity contribution is 1.23. The van der Waals surface area contributed by atoms with Crippen molar-refractivity contribution in [2.45, 2.75) is 6.92 Å². The monoisotopic (exact) mass is 245 g/mol. The molecule has 1 heterocycles. The summed E-state index contributed by atoms with van der Waals surface area (Å²) in [5.41, 5.74) is 9.07. The standard InChI is InChI=1S/C13H15N3S/c1-9(2)8-15-13-11(12(14)16-17-13)10-6-4-3-5-7-10/h3-7,15H,1,8H2,2H3,(H2,14,16). The molecule has 2 rings (SSSR count). The molecule has 4 heteroatoms. The Morgan fingerprint density at radius 2 is 2.12 bits per heavy atom. The molecule has 0 spiro atoms. The summed E-state index contributed by atoms with van der Waals surface area (Å²) in [6, 6.07) is 10.0. The zero-order chi connectivity index (χ0) is 12.3. The van der Waals surface area contributed by atoms with Crippen molar-refractivity contribution < 1.29 is 0 Å². The molecule has 0 amide bonds. The van der Waals surface area contributed by atoms with Crippen molar-refractivity contribution in [3.63, 3.8) is 0 Å². The van der Waals surface area contributed by atoms with E-state index in [1.54, 1.807) is 0 Å². The van der Waals surface area contributed by atoms with Crippen LogP contribution >= 0.6 is 11.5 Å². The van der Waals surface area contributed by atoms with E-state index in [4.69, 9.17) is 5.73 Å². The summed E-state index contributed by atoms with van der Waals surface area (Å²) in [7, 11) is 0. The van der Waals surface area contributed by atoms with E-state index in [0.29, 0.717) is 5.82 Å². The second-order valence-electron chi connectivity index (χ2n) is 3.95. The molecule has 0 aliphatic carbocycles. The molecule has 17 heavy (non-hydrogen) atoms. The molecule has 1 aromatic heterocycles. The maximum atomic E-state index is 5.92. The van der Waals surface area contributed by atoms with Crippen LogP contribution in [0.2, 0.25) is 0 Å². The van der Waals surface area contributed by atoms with Gasteiger partial charge in [-0.3, -0.25) is 0 Å². The van der Waals surface area contributed by atoms with Crippen LogP contribution in [-0.4, -0.2) is 10.9 Å². The molecule has 0 aliphatic rings. The summed E-state index contributed by atoms with van der Waals surface area (Å²) in [5, 5.41) is 4.31. The molecule has 3 nitrogen and oxygen atoms in total. The number of aromatic nitrogens is 1.